The van der Waals surface area contributed by atoms with Gasteiger partial charge in [0, 0.05) is 12.5 Å². The van der Waals surface area contributed by atoms with Crippen LogP contribution in [0.5, 0.6) is 0 Å². The molecule has 1 rings (SSSR count). The highest BCUT2D eigenvalue weighted by molar-refractivity contribution is 5.90. The zero-order chi connectivity index (χ0) is 16.0. The number of halogens is 4. The van der Waals surface area contributed by atoms with Crippen LogP contribution in [0.4, 0.5) is 23.2 Å². The molecule has 0 aliphatic rings. The summed E-state index contributed by atoms with van der Waals surface area (Å²) < 4.78 is 51.0. The van der Waals surface area contributed by atoms with E-state index in [1.807, 2.05) is 13.8 Å². The number of rotatable bonds is 6. The van der Waals surface area contributed by atoms with Crippen molar-refractivity contribution in [2.24, 2.45) is 0 Å². The number of hydrogen-bond donors (Lipinski definition) is 2. The van der Waals surface area contributed by atoms with Gasteiger partial charge in [-0.05, 0) is 31.2 Å². The van der Waals surface area contributed by atoms with Crippen LogP contribution >= 0.6 is 0 Å². The largest absolute Gasteiger partial charge is 0.416 e. The van der Waals surface area contributed by atoms with E-state index in [9.17, 15) is 22.4 Å². The monoisotopic (exact) mass is 306 g/mol. The van der Waals surface area contributed by atoms with Gasteiger partial charge in [-0.1, -0.05) is 13.8 Å². The van der Waals surface area contributed by atoms with Gasteiger partial charge in [0.1, 0.15) is 5.82 Å². The maximum atomic E-state index is 13.4. The standard InChI is InChI=1S/C14H18F4N2O/c1-9(2)19-7-3-4-13(21)20-12-8-10(14(16,17)18)5-6-11(12)15/h5-6,8-9,19H,3-4,7H2,1-2H3,(H,20,21). The first-order chi connectivity index (χ1) is 9.70. The zero-order valence-corrected chi connectivity index (χ0v) is 11.9. The Morgan fingerprint density at radius 1 is 1.29 bits per heavy atom. The lowest BCUT2D eigenvalue weighted by atomic mass is 10.1. The Balaban J connectivity index is 2.59. The topological polar surface area (TPSA) is 41.1 Å². The molecule has 0 saturated carbocycles. The van der Waals surface area contributed by atoms with Crippen molar-refractivity contribution in [2.75, 3.05) is 11.9 Å². The molecule has 0 aliphatic heterocycles. The van der Waals surface area contributed by atoms with Crippen molar-refractivity contribution < 1.29 is 22.4 Å². The molecule has 3 nitrogen and oxygen atoms in total. The molecule has 0 atom stereocenters. The average Bonchev–Trinajstić information content (AvgIpc) is 2.36. The number of nitrogens with one attached hydrogen (secondary N) is 2. The van der Waals surface area contributed by atoms with Crippen molar-refractivity contribution >= 4 is 11.6 Å². The Kier molecular flexibility index (Phi) is 6.14. The van der Waals surface area contributed by atoms with Crippen LogP contribution in [0.15, 0.2) is 18.2 Å². The summed E-state index contributed by atoms with van der Waals surface area (Å²) in [6.07, 6.45) is -3.95. The number of anilines is 1. The van der Waals surface area contributed by atoms with E-state index in [2.05, 4.69) is 10.6 Å². The van der Waals surface area contributed by atoms with Crippen molar-refractivity contribution in [3.8, 4) is 0 Å². The zero-order valence-electron chi connectivity index (χ0n) is 11.9. The Bertz CT molecular complexity index is 486. The summed E-state index contributed by atoms with van der Waals surface area (Å²) in [6.45, 7) is 4.52. The summed E-state index contributed by atoms with van der Waals surface area (Å²) in [5, 5.41) is 5.27. The van der Waals surface area contributed by atoms with Crippen molar-refractivity contribution in [1.82, 2.24) is 5.32 Å². The highest BCUT2D eigenvalue weighted by Crippen LogP contribution is 2.31. The van der Waals surface area contributed by atoms with Crippen LogP contribution in [0.1, 0.15) is 32.3 Å². The van der Waals surface area contributed by atoms with Crippen LogP contribution in [-0.2, 0) is 11.0 Å². The van der Waals surface area contributed by atoms with Crippen molar-refractivity contribution in [3.05, 3.63) is 29.6 Å². The van der Waals surface area contributed by atoms with E-state index < -0.39 is 29.2 Å². The molecule has 0 fully saturated rings. The molecule has 0 aromatic heterocycles. The average molecular weight is 306 g/mol. The molecule has 0 bridgehead atoms. The first kappa shape index (κ1) is 17.4. The molecule has 0 heterocycles. The van der Waals surface area contributed by atoms with E-state index in [0.717, 1.165) is 0 Å². The van der Waals surface area contributed by atoms with Gasteiger partial charge in [0.15, 0.2) is 0 Å². The fraction of sp³-hybridized carbons (Fsp3) is 0.500. The Morgan fingerprint density at radius 2 is 1.95 bits per heavy atom. The molecule has 0 radical (unpaired) electrons. The van der Waals surface area contributed by atoms with Crippen LogP contribution in [0.25, 0.3) is 0 Å². The number of carbonyl (C=O) groups excluding carboxylic acids is 1. The molecular formula is C14H18F4N2O. The van der Waals surface area contributed by atoms with E-state index >= 15 is 0 Å². The second kappa shape index (κ2) is 7.40. The Hall–Kier alpha value is -1.63. The first-order valence-electron chi connectivity index (χ1n) is 6.60. The molecule has 21 heavy (non-hydrogen) atoms. The van der Waals surface area contributed by atoms with Crippen molar-refractivity contribution in [1.29, 1.82) is 0 Å². The molecule has 0 aliphatic carbocycles. The third-order valence-corrected chi connectivity index (χ3v) is 2.70. The van der Waals surface area contributed by atoms with Gasteiger partial charge in [-0.25, -0.2) is 4.39 Å². The third-order valence-electron chi connectivity index (χ3n) is 2.70. The lowest BCUT2D eigenvalue weighted by Crippen LogP contribution is -2.24. The maximum absolute atomic E-state index is 13.4. The van der Waals surface area contributed by atoms with Gasteiger partial charge in [0.25, 0.3) is 0 Å². The lowest BCUT2D eigenvalue weighted by molar-refractivity contribution is -0.137. The Labute approximate surface area is 120 Å². The van der Waals surface area contributed by atoms with E-state index in [4.69, 9.17) is 0 Å². The van der Waals surface area contributed by atoms with Crippen molar-refractivity contribution in [2.45, 2.75) is 38.9 Å². The molecule has 0 unspecified atom stereocenters. The molecule has 1 aromatic carbocycles. The summed E-state index contributed by atoms with van der Waals surface area (Å²) in [5.74, 6) is -1.41. The lowest BCUT2D eigenvalue weighted by Gasteiger charge is -2.11. The molecule has 2 N–H and O–H groups in total. The maximum Gasteiger partial charge on any atom is 0.416 e. The van der Waals surface area contributed by atoms with Gasteiger partial charge in [0.2, 0.25) is 5.91 Å². The van der Waals surface area contributed by atoms with Crippen LogP contribution in [0.2, 0.25) is 0 Å². The molecule has 1 aromatic rings. The number of benzene rings is 1. The quantitative estimate of drug-likeness (QED) is 0.623. The fourth-order valence-electron chi connectivity index (χ4n) is 1.65. The SMILES string of the molecule is CC(C)NCCCC(=O)Nc1cc(C(F)(F)F)ccc1F. The van der Waals surface area contributed by atoms with E-state index in [1.54, 1.807) is 0 Å². The van der Waals surface area contributed by atoms with Gasteiger partial charge < -0.3 is 10.6 Å². The predicted octanol–water partition coefficient (Wildman–Crippen LogP) is 3.56. The number of hydrogen-bond acceptors (Lipinski definition) is 2. The normalized spacial score (nSPS) is 11.8. The van der Waals surface area contributed by atoms with Crippen LogP contribution < -0.4 is 10.6 Å². The molecule has 0 saturated heterocycles. The number of amides is 1. The molecule has 1 amide bonds. The summed E-state index contributed by atoms with van der Waals surface area (Å²) >= 11 is 0. The minimum absolute atomic E-state index is 0.107. The molecule has 7 heteroatoms. The summed E-state index contributed by atoms with van der Waals surface area (Å²) in [6, 6.07) is 2.21. The number of carbonyl (C=O) groups is 1. The van der Waals surface area contributed by atoms with Gasteiger partial charge in [-0.2, -0.15) is 13.2 Å². The van der Waals surface area contributed by atoms with Gasteiger partial charge >= 0.3 is 6.18 Å². The highest BCUT2D eigenvalue weighted by Gasteiger charge is 2.31. The minimum Gasteiger partial charge on any atom is -0.324 e. The molecular weight excluding hydrogens is 288 g/mol. The van der Waals surface area contributed by atoms with Gasteiger partial charge in [-0.15, -0.1) is 0 Å². The van der Waals surface area contributed by atoms with Crippen LogP contribution in [-0.4, -0.2) is 18.5 Å². The van der Waals surface area contributed by atoms with Crippen LogP contribution in [0.3, 0.4) is 0 Å². The smallest absolute Gasteiger partial charge is 0.324 e. The number of alkyl halides is 3. The predicted molar refractivity (Wildman–Crippen MR) is 72.4 cm³/mol. The molecule has 0 spiro atoms. The van der Waals surface area contributed by atoms with Gasteiger partial charge in [0.05, 0.1) is 11.3 Å². The summed E-state index contributed by atoms with van der Waals surface area (Å²) in [7, 11) is 0. The Morgan fingerprint density at radius 3 is 2.52 bits per heavy atom. The minimum atomic E-state index is -4.58. The van der Waals surface area contributed by atoms with E-state index in [-0.39, 0.29) is 12.5 Å². The molecule has 118 valence electrons. The summed E-state index contributed by atoms with van der Waals surface area (Å²) in [4.78, 5) is 11.6. The summed E-state index contributed by atoms with van der Waals surface area (Å²) in [5.41, 5.74) is -1.45. The third kappa shape index (κ3) is 6.12. The van der Waals surface area contributed by atoms with Crippen molar-refractivity contribution in [3.63, 3.8) is 0 Å². The fourth-order valence-corrected chi connectivity index (χ4v) is 1.65. The van der Waals surface area contributed by atoms with Crippen LogP contribution in [0, 0.1) is 5.82 Å². The van der Waals surface area contributed by atoms with E-state index in [1.165, 1.54) is 0 Å². The van der Waals surface area contributed by atoms with Gasteiger partial charge in [-0.3, -0.25) is 4.79 Å². The first-order valence-corrected chi connectivity index (χ1v) is 6.60. The highest BCUT2D eigenvalue weighted by atomic mass is 19.4. The van der Waals surface area contributed by atoms with E-state index in [0.29, 0.717) is 31.2 Å². The second-order valence-corrected chi connectivity index (χ2v) is 4.95. The second-order valence-electron chi connectivity index (χ2n) is 4.95.